The number of carboxylic acids is 1. The molecule has 0 bridgehead atoms. The Morgan fingerprint density at radius 1 is 1.29 bits per heavy atom. The summed E-state index contributed by atoms with van der Waals surface area (Å²) in [4.78, 5) is 21.6. The van der Waals surface area contributed by atoms with Gasteiger partial charge in [-0.15, -0.1) is 0 Å². The van der Waals surface area contributed by atoms with Crippen molar-refractivity contribution in [3.63, 3.8) is 0 Å². The Balaban J connectivity index is 2.95. The molecule has 0 atom stereocenters. The number of para-hydroxylation sites is 1. The van der Waals surface area contributed by atoms with Crippen LogP contribution in [0.25, 0.3) is 0 Å². The van der Waals surface area contributed by atoms with Gasteiger partial charge in [-0.05, 0) is 6.07 Å². The Labute approximate surface area is 97.4 Å². The number of hydrogen-bond acceptors (Lipinski definition) is 5. The van der Waals surface area contributed by atoms with Gasteiger partial charge in [0.15, 0.2) is 0 Å². The molecule has 6 nitrogen and oxygen atoms in total. The minimum Gasteiger partial charge on any atom is -0.480 e. The lowest BCUT2D eigenvalue weighted by Gasteiger charge is -2.10. The fraction of sp³-hybridized carbons (Fsp3) is 0.182. The average molecular weight is 236 g/mol. The van der Waals surface area contributed by atoms with Crippen LogP contribution in [-0.4, -0.2) is 40.8 Å². The summed E-state index contributed by atoms with van der Waals surface area (Å²) in [5, 5.41) is 27.4. The van der Waals surface area contributed by atoms with Gasteiger partial charge in [0.05, 0.1) is 0 Å². The van der Waals surface area contributed by atoms with E-state index in [2.05, 4.69) is 5.32 Å². The van der Waals surface area contributed by atoms with E-state index in [9.17, 15) is 9.59 Å². The van der Waals surface area contributed by atoms with Gasteiger partial charge < -0.3 is 15.5 Å². The second-order valence-electron chi connectivity index (χ2n) is 3.25. The van der Waals surface area contributed by atoms with Gasteiger partial charge in [-0.1, -0.05) is 18.2 Å². The predicted octanol–water partition coefficient (Wildman–Crippen LogP) is 0.112. The van der Waals surface area contributed by atoms with E-state index in [4.69, 9.17) is 15.6 Å². The number of aliphatic carboxylic acids is 1. The fourth-order valence-electron chi connectivity index (χ4n) is 1.26. The summed E-state index contributed by atoms with van der Waals surface area (Å²) in [5.74, 6) is -1.76. The zero-order valence-electron chi connectivity index (χ0n) is 8.93. The molecule has 17 heavy (non-hydrogen) atoms. The molecule has 1 aromatic carbocycles. The van der Waals surface area contributed by atoms with Crippen molar-refractivity contribution in [2.45, 2.75) is 0 Å². The van der Waals surface area contributed by atoms with Crippen molar-refractivity contribution in [1.82, 2.24) is 0 Å². The molecule has 90 valence electrons. The molecule has 0 aliphatic rings. The fourth-order valence-corrected chi connectivity index (χ4v) is 1.26. The van der Waals surface area contributed by atoms with E-state index in [0.29, 0.717) is 5.69 Å². The number of Topliss-reactive ketones (excluding diaryl/α,β-unsaturated/α-hetero) is 1. The smallest absolute Gasteiger partial charge is 0.322 e. The van der Waals surface area contributed by atoms with Gasteiger partial charge in [-0.3, -0.25) is 15.0 Å². The van der Waals surface area contributed by atoms with Crippen molar-refractivity contribution in [3.8, 4) is 0 Å². The number of rotatable bonds is 6. The molecule has 1 aromatic rings. The van der Waals surface area contributed by atoms with E-state index < -0.39 is 18.4 Å². The normalized spacial score (nSPS) is 9.71. The molecule has 0 unspecified atom stereocenters. The number of benzene rings is 1. The molecule has 0 radical (unpaired) electrons. The minimum absolute atomic E-state index is 0.271. The van der Waals surface area contributed by atoms with Crippen molar-refractivity contribution in [2.75, 3.05) is 18.5 Å². The average Bonchev–Trinajstić information content (AvgIpc) is 2.34. The van der Waals surface area contributed by atoms with Crippen LogP contribution in [-0.2, 0) is 9.59 Å². The Bertz CT molecular complexity index is 457. The largest absolute Gasteiger partial charge is 0.480 e. The van der Waals surface area contributed by atoms with E-state index >= 15 is 0 Å². The Kier molecular flexibility index (Phi) is 4.36. The highest BCUT2D eigenvalue weighted by molar-refractivity contribution is 6.46. The first-order chi connectivity index (χ1) is 8.06. The highest BCUT2D eigenvalue weighted by Gasteiger charge is 2.14. The number of nitrogens with one attached hydrogen (secondary N) is 2. The molecular weight excluding hydrogens is 224 g/mol. The topological polar surface area (TPSA) is 110 Å². The third-order valence-electron chi connectivity index (χ3n) is 2.05. The molecule has 0 spiro atoms. The van der Waals surface area contributed by atoms with Crippen LogP contribution in [0, 0.1) is 5.41 Å². The van der Waals surface area contributed by atoms with E-state index in [-0.39, 0.29) is 17.8 Å². The predicted molar refractivity (Wildman–Crippen MR) is 61.5 cm³/mol. The van der Waals surface area contributed by atoms with Crippen LogP contribution in [0.3, 0.4) is 0 Å². The van der Waals surface area contributed by atoms with Gasteiger partial charge in [0, 0.05) is 11.3 Å². The molecule has 0 saturated heterocycles. The van der Waals surface area contributed by atoms with Gasteiger partial charge in [0.25, 0.3) is 0 Å². The number of aliphatic hydroxyl groups is 1. The highest BCUT2D eigenvalue weighted by Crippen LogP contribution is 2.15. The van der Waals surface area contributed by atoms with Gasteiger partial charge in [0.2, 0.25) is 5.78 Å². The molecule has 4 N–H and O–H groups in total. The van der Waals surface area contributed by atoms with E-state index in [1.54, 1.807) is 18.2 Å². The Morgan fingerprint density at radius 2 is 1.94 bits per heavy atom. The van der Waals surface area contributed by atoms with Gasteiger partial charge in [0.1, 0.15) is 18.9 Å². The van der Waals surface area contributed by atoms with Crippen LogP contribution in [0.5, 0.6) is 0 Å². The first-order valence-corrected chi connectivity index (χ1v) is 4.84. The number of aliphatic hydroxyl groups excluding tert-OH is 1. The third-order valence-corrected chi connectivity index (χ3v) is 2.05. The summed E-state index contributed by atoms with van der Waals surface area (Å²) >= 11 is 0. The van der Waals surface area contributed by atoms with Crippen LogP contribution in [0.2, 0.25) is 0 Å². The maximum absolute atomic E-state index is 11.2. The summed E-state index contributed by atoms with van der Waals surface area (Å²) in [6.07, 6.45) is 0. The standard InChI is InChI=1S/C11H12N2O4/c12-11(9(15)6-14)7-3-1-2-4-8(7)13-5-10(16)17/h1-4,12-14H,5-6H2,(H,16,17). The van der Waals surface area contributed by atoms with Crippen LogP contribution in [0.4, 0.5) is 5.69 Å². The third kappa shape index (κ3) is 3.39. The maximum atomic E-state index is 11.2. The lowest BCUT2D eigenvalue weighted by Crippen LogP contribution is -2.21. The SMILES string of the molecule is N=C(C(=O)CO)c1ccccc1NCC(=O)O. The second kappa shape index (κ2) is 5.76. The number of hydrogen-bond donors (Lipinski definition) is 4. The number of anilines is 1. The van der Waals surface area contributed by atoms with E-state index in [0.717, 1.165) is 0 Å². The van der Waals surface area contributed by atoms with E-state index in [1.807, 2.05) is 0 Å². The van der Waals surface area contributed by atoms with Crippen molar-refractivity contribution in [1.29, 1.82) is 5.41 Å². The zero-order chi connectivity index (χ0) is 12.8. The lowest BCUT2D eigenvalue weighted by atomic mass is 10.0. The maximum Gasteiger partial charge on any atom is 0.322 e. The van der Waals surface area contributed by atoms with Crippen molar-refractivity contribution >= 4 is 23.2 Å². The molecule has 0 saturated carbocycles. The van der Waals surface area contributed by atoms with E-state index in [1.165, 1.54) is 6.07 Å². The molecule has 6 heteroatoms. The van der Waals surface area contributed by atoms with Crippen LogP contribution in [0.15, 0.2) is 24.3 Å². The summed E-state index contributed by atoms with van der Waals surface area (Å²) in [6.45, 7) is -1.05. The monoisotopic (exact) mass is 236 g/mol. The molecule has 0 fully saturated rings. The van der Waals surface area contributed by atoms with Crippen molar-refractivity contribution < 1.29 is 19.8 Å². The molecule has 1 rings (SSSR count). The van der Waals surface area contributed by atoms with Gasteiger partial charge in [-0.2, -0.15) is 0 Å². The Hall–Kier alpha value is -2.21. The number of carboxylic acid groups (broad SMARTS) is 1. The second-order valence-corrected chi connectivity index (χ2v) is 3.25. The summed E-state index contributed by atoms with van der Waals surface area (Å²) in [6, 6.07) is 6.36. The summed E-state index contributed by atoms with van der Waals surface area (Å²) in [7, 11) is 0. The van der Waals surface area contributed by atoms with Crippen LogP contribution >= 0.6 is 0 Å². The number of carbonyl (C=O) groups excluding carboxylic acids is 1. The summed E-state index contributed by atoms with van der Waals surface area (Å²) < 4.78 is 0. The quantitative estimate of drug-likeness (QED) is 0.524. The molecule has 0 heterocycles. The number of ketones is 1. The highest BCUT2D eigenvalue weighted by atomic mass is 16.4. The Morgan fingerprint density at radius 3 is 2.53 bits per heavy atom. The zero-order valence-corrected chi connectivity index (χ0v) is 8.93. The molecule has 0 aromatic heterocycles. The van der Waals surface area contributed by atoms with Gasteiger partial charge >= 0.3 is 5.97 Å². The minimum atomic E-state index is -1.04. The van der Waals surface area contributed by atoms with Crippen molar-refractivity contribution in [2.24, 2.45) is 0 Å². The van der Waals surface area contributed by atoms with Gasteiger partial charge in [-0.25, -0.2) is 0 Å². The molecular formula is C11H12N2O4. The molecule has 0 aliphatic heterocycles. The van der Waals surface area contributed by atoms with Crippen molar-refractivity contribution in [3.05, 3.63) is 29.8 Å². The van der Waals surface area contributed by atoms with Crippen LogP contribution in [0.1, 0.15) is 5.56 Å². The lowest BCUT2D eigenvalue weighted by molar-refractivity contribution is -0.134. The first kappa shape index (κ1) is 12.9. The molecule has 0 amide bonds. The number of carbonyl (C=O) groups is 2. The summed E-state index contributed by atoms with van der Waals surface area (Å²) in [5.41, 5.74) is 0.301. The first-order valence-electron chi connectivity index (χ1n) is 4.84. The molecule has 0 aliphatic carbocycles. The van der Waals surface area contributed by atoms with Crippen LogP contribution < -0.4 is 5.32 Å².